The minimum Gasteiger partial charge on any atom is -0.322 e. The number of amides is 3. The van der Waals surface area contributed by atoms with Gasteiger partial charge in [0.15, 0.2) is 0 Å². The maximum Gasteiger partial charge on any atom is 0.244 e. The van der Waals surface area contributed by atoms with Crippen LogP contribution in [0.5, 0.6) is 0 Å². The zero-order valence-electron chi connectivity index (χ0n) is 13.1. The summed E-state index contributed by atoms with van der Waals surface area (Å²) in [5.41, 5.74) is -0.655. The van der Waals surface area contributed by atoms with E-state index in [1.54, 1.807) is 0 Å². The smallest absolute Gasteiger partial charge is 0.244 e. The van der Waals surface area contributed by atoms with Gasteiger partial charge < -0.3 is 5.32 Å². The first-order valence-corrected chi connectivity index (χ1v) is 8.39. The number of hydrogen-bond donors (Lipinski definition) is 1. The third-order valence-electron chi connectivity index (χ3n) is 4.81. The highest BCUT2D eigenvalue weighted by Crippen LogP contribution is 2.45. The van der Waals surface area contributed by atoms with E-state index in [0.717, 1.165) is 30.2 Å². The van der Waals surface area contributed by atoms with Crippen molar-refractivity contribution in [3.63, 3.8) is 0 Å². The molecule has 1 aliphatic carbocycles. The molecule has 0 aromatic heterocycles. The highest BCUT2D eigenvalue weighted by Gasteiger charge is 2.51. The molecule has 1 spiro atoms. The summed E-state index contributed by atoms with van der Waals surface area (Å²) in [6.45, 7) is -0.387. The summed E-state index contributed by atoms with van der Waals surface area (Å²) < 4.78 is 13.7. The van der Waals surface area contributed by atoms with Crippen LogP contribution in [0.15, 0.2) is 18.2 Å². The van der Waals surface area contributed by atoms with E-state index in [1.807, 2.05) is 0 Å². The minimum absolute atomic E-state index is 0.0316. The second kappa shape index (κ2) is 6.51. The van der Waals surface area contributed by atoms with Gasteiger partial charge in [-0.25, -0.2) is 4.39 Å². The van der Waals surface area contributed by atoms with Gasteiger partial charge in [0.1, 0.15) is 12.4 Å². The molecule has 1 saturated heterocycles. The van der Waals surface area contributed by atoms with Gasteiger partial charge >= 0.3 is 0 Å². The van der Waals surface area contributed by atoms with Gasteiger partial charge in [0.05, 0.1) is 11.1 Å². The topological polar surface area (TPSA) is 66.5 Å². The molecule has 0 radical (unpaired) electrons. The Morgan fingerprint density at radius 2 is 1.96 bits per heavy atom. The van der Waals surface area contributed by atoms with Crippen LogP contribution in [-0.4, -0.2) is 29.2 Å². The summed E-state index contributed by atoms with van der Waals surface area (Å²) in [7, 11) is 0. The van der Waals surface area contributed by atoms with Crippen LogP contribution < -0.4 is 5.32 Å². The fraction of sp³-hybridized carbons (Fsp3) is 0.471. The van der Waals surface area contributed by atoms with Crippen LogP contribution in [0.25, 0.3) is 0 Å². The van der Waals surface area contributed by atoms with Crippen molar-refractivity contribution in [2.45, 2.75) is 38.5 Å². The first-order chi connectivity index (χ1) is 11.4. The Bertz CT molecular complexity index is 701. The molecule has 5 nitrogen and oxygen atoms in total. The number of carbonyl (C=O) groups is 3. The number of hydrogen-bond acceptors (Lipinski definition) is 3. The summed E-state index contributed by atoms with van der Waals surface area (Å²) >= 11 is 5.66. The monoisotopic (exact) mass is 352 g/mol. The molecule has 1 aromatic carbocycles. The van der Waals surface area contributed by atoms with E-state index < -0.39 is 17.1 Å². The molecule has 1 saturated carbocycles. The molecule has 2 fully saturated rings. The second-order valence-corrected chi connectivity index (χ2v) is 6.91. The molecule has 128 valence electrons. The van der Waals surface area contributed by atoms with E-state index in [1.165, 1.54) is 12.1 Å². The molecule has 0 atom stereocenters. The van der Waals surface area contributed by atoms with E-state index in [2.05, 4.69) is 5.32 Å². The van der Waals surface area contributed by atoms with Gasteiger partial charge in [-0.2, -0.15) is 0 Å². The van der Waals surface area contributed by atoms with Gasteiger partial charge in [-0.3, -0.25) is 19.3 Å². The largest absolute Gasteiger partial charge is 0.322 e. The number of imide groups is 1. The third kappa shape index (κ3) is 3.15. The van der Waals surface area contributed by atoms with E-state index in [4.69, 9.17) is 11.6 Å². The molecule has 1 heterocycles. The highest BCUT2D eigenvalue weighted by molar-refractivity contribution is 6.30. The van der Waals surface area contributed by atoms with Crippen LogP contribution in [0.3, 0.4) is 0 Å². The average Bonchev–Trinajstić information content (AvgIpc) is 2.75. The van der Waals surface area contributed by atoms with Gasteiger partial charge in [0.25, 0.3) is 0 Å². The summed E-state index contributed by atoms with van der Waals surface area (Å²) in [6, 6.07) is 3.87. The molecule has 3 amide bonds. The maximum absolute atomic E-state index is 13.7. The molecule has 0 unspecified atom stereocenters. The Morgan fingerprint density at radius 3 is 2.62 bits per heavy atom. The van der Waals surface area contributed by atoms with Crippen molar-refractivity contribution in [1.82, 2.24) is 4.90 Å². The molecule has 3 rings (SSSR count). The zero-order chi connectivity index (χ0) is 17.3. The fourth-order valence-corrected chi connectivity index (χ4v) is 3.72. The second-order valence-electron chi connectivity index (χ2n) is 6.48. The number of rotatable bonds is 3. The predicted octanol–water partition coefficient (Wildman–Crippen LogP) is 3.13. The summed E-state index contributed by atoms with van der Waals surface area (Å²) in [5.74, 6) is -1.86. The molecule has 24 heavy (non-hydrogen) atoms. The van der Waals surface area contributed by atoms with Crippen molar-refractivity contribution in [3.05, 3.63) is 29.0 Å². The lowest BCUT2D eigenvalue weighted by Crippen LogP contribution is -2.41. The highest BCUT2D eigenvalue weighted by atomic mass is 35.5. The number of carbonyl (C=O) groups excluding carboxylic acids is 3. The van der Waals surface area contributed by atoms with Crippen LogP contribution >= 0.6 is 11.6 Å². The van der Waals surface area contributed by atoms with Gasteiger partial charge in [0, 0.05) is 11.4 Å². The lowest BCUT2D eigenvalue weighted by molar-refractivity contribution is -0.144. The van der Waals surface area contributed by atoms with Gasteiger partial charge in [-0.05, 0) is 31.0 Å². The first kappa shape index (κ1) is 16.9. The van der Waals surface area contributed by atoms with Crippen molar-refractivity contribution in [2.24, 2.45) is 5.41 Å². The van der Waals surface area contributed by atoms with E-state index in [-0.39, 0.29) is 35.5 Å². The maximum atomic E-state index is 13.7. The van der Waals surface area contributed by atoms with Crippen molar-refractivity contribution >= 4 is 35.0 Å². The zero-order valence-corrected chi connectivity index (χ0v) is 13.9. The number of benzene rings is 1. The molecule has 7 heteroatoms. The molecular weight excluding hydrogens is 335 g/mol. The van der Waals surface area contributed by atoms with Crippen molar-refractivity contribution in [2.75, 3.05) is 11.9 Å². The number of halogens is 2. The van der Waals surface area contributed by atoms with Gasteiger partial charge in [0.2, 0.25) is 17.7 Å². The Labute approximate surface area is 144 Å². The van der Waals surface area contributed by atoms with Crippen LogP contribution in [0.1, 0.15) is 38.5 Å². The first-order valence-electron chi connectivity index (χ1n) is 8.01. The Kier molecular flexibility index (Phi) is 4.58. The van der Waals surface area contributed by atoms with Crippen LogP contribution in [0.2, 0.25) is 5.02 Å². The molecule has 1 N–H and O–H groups in total. The molecule has 2 aliphatic rings. The number of nitrogens with zero attached hydrogens (tertiary/aromatic N) is 1. The van der Waals surface area contributed by atoms with Crippen molar-refractivity contribution in [3.8, 4) is 0 Å². The minimum atomic E-state index is -0.668. The number of nitrogens with one attached hydrogen (secondary N) is 1. The normalized spacial score (nSPS) is 19.8. The van der Waals surface area contributed by atoms with Gasteiger partial charge in [-0.1, -0.05) is 30.9 Å². The van der Waals surface area contributed by atoms with Crippen LogP contribution in [0.4, 0.5) is 10.1 Å². The Morgan fingerprint density at radius 1 is 1.25 bits per heavy atom. The average molecular weight is 353 g/mol. The van der Waals surface area contributed by atoms with Gasteiger partial charge in [-0.15, -0.1) is 0 Å². The molecule has 1 aliphatic heterocycles. The Hall–Kier alpha value is -1.95. The third-order valence-corrected chi connectivity index (χ3v) is 5.04. The fourth-order valence-electron chi connectivity index (χ4n) is 3.56. The van der Waals surface area contributed by atoms with Crippen LogP contribution in [0, 0.1) is 11.2 Å². The molecule has 1 aromatic rings. The molecule has 0 bridgehead atoms. The quantitative estimate of drug-likeness (QED) is 0.850. The van der Waals surface area contributed by atoms with E-state index in [0.29, 0.717) is 12.8 Å². The number of anilines is 1. The summed E-state index contributed by atoms with van der Waals surface area (Å²) in [5, 5.41) is 2.60. The summed E-state index contributed by atoms with van der Waals surface area (Å²) in [4.78, 5) is 37.9. The Balaban J connectivity index is 1.68. The van der Waals surface area contributed by atoms with E-state index in [9.17, 15) is 18.8 Å². The van der Waals surface area contributed by atoms with E-state index >= 15 is 0 Å². The van der Waals surface area contributed by atoms with Crippen molar-refractivity contribution in [1.29, 1.82) is 0 Å². The SMILES string of the molecule is O=C(CN1C(=O)CC2(CCCCC2)C1=O)Nc1ccc(Cl)cc1F. The van der Waals surface area contributed by atoms with Crippen LogP contribution in [-0.2, 0) is 14.4 Å². The standard InChI is InChI=1S/C17H18ClFN2O3/c18-11-4-5-13(12(19)8-11)20-14(22)10-21-15(23)9-17(16(21)24)6-2-1-3-7-17/h4-5,8H,1-3,6-7,9-10H2,(H,20,22). The summed E-state index contributed by atoms with van der Waals surface area (Å²) in [6.07, 6.45) is 4.49. The molecular formula is C17H18ClFN2O3. The number of likely N-dealkylation sites (tertiary alicyclic amines) is 1. The van der Waals surface area contributed by atoms with Crippen molar-refractivity contribution < 1.29 is 18.8 Å². The predicted molar refractivity (Wildman–Crippen MR) is 86.9 cm³/mol. The lowest BCUT2D eigenvalue weighted by Gasteiger charge is -2.30. The lowest BCUT2D eigenvalue weighted by atomic mass is 9.73.